The molecule has 1 aliphatic heterocycles. The number of nitrogens with two attached hydrogens (primary N) is 1. The number of anilines is 4. The quantitative estimate of drug-likeness (QED) is 0.414. The summed E-state index contributed by atoms with van der Waals surface area (Å²) >= 11 is 0. The molecule has 1 saturated carbocycles. The predicted molar refractivity (Wildman–Crippen MR) is 152 cm³/mol. The van der Waals surface area contributed by atoms with Gasteiger partial charge in [0, 0.05) is 43.6 Å². The lowest BCUT2D eigenvalue weighted by atomic mass is 9.93. The van der Waals surface area contributed by atoms with Crippen molar-refractivity contribution in [3.05, 3.63) is 35.7 Å². The molecule has 0 radical (unpaired) electrons. The van der Waals surface area contributed by atoms with Crippen LogP contribution in [0.25, 0.3) is 0 Å². The summed E-state index contributed by atoms with van der Waals surface area (Å²) in [5.74, 6) is 0.286. The lowest BCUT2D eigenvalue weighted by Crippen LogP contribution is -2.50. The predicted octanol–water partition coefficient (Wildman–Crippen LogP) is 3.65. The highest BCUT2D eigenvalue weighted by Gasteiger charge is 2.26. The van der Waals surface area contributed by atoms with Crippen molar-refractivity contribution in [2.24, 2.45) is 5.73 Å². The molecule has 212 valence electrons. The Labute approximate surface area is 230 Å². The summed E-state index contributed by atoms with van der Waals surface area (Å²) < 4.78 is 5.49. The number of benzene rings is 1. The van der Waals surface area contributed by atoms with Crippen molar-refractivity contribution >= 4 is 35.0 Å². The van der Waals surface area contributed by atoms with Crippen molar-refractivity contribution in [3.63, 3.8) is 0 Å². The second-order valence-electron chi connectivity index (χ2n) is 11.2. The minimum Gasteiger partial charge on any atom is -0.444 e. The fraction of sp³-hybridized carbons (Fsp3) is 0.571. The Kier molecular flexibility index (Phi) is 8.79. The van der Waals surface area contributed by atoms with E-state index in [9.17, 15) is 14.7 Å². The monoisotopic (exact) mass is 539 g/mol. The molecule has 39 heavy (non-hydrogen) atoms. The van der Waals surface area contributed by atoms with Gasteiger partial charge in [-0.15, -0.1) is 0 Å². The number of aliphatic hydroxyl groups excluding tert-OH is 1. The largest absolute Gasteiger partial charge is 0.444 e. The number of ether oxygens (including phenoxy) is 1. The molecule has 0 spiro atoms. The molecule has 11 heteroatoms. The van der Waals surface area contributed by atoms with E-state index < -0.39 is 11.5 Å². The highest BCUT2D eigenvalue weighted by atomic mass is 16.6. The molecule has 1 saturated heterocycles. The third-order valence-electron chi connectivity index (χ3n) is 7.00. The molecule has 2 amide bonds. The number of aliphatic hydroxyl groups is 1. The van der Waals surface area contributed by atoms with Gasteiger partial charge in [-0.2, -0.15) is 0 Å². The van der Waals surface area contributed by atoms with E-state index in [4.69, 9.17) is 15.5 Å². The van der Waals surface area contributed by atoms with Crippen LogP contribution in [0.15, 0.2) is 24.3 Å². The SMILES string of the molecule is CCc1nc(C(N)=O)c(Nc2ccc(N3CCN(C(=O)OC(C)(C)C)CC3)cc2)nc1NC1CCC(O)CC1. The second-order valence-corrected chi connectivity index (χ2v) is 11.2. The van der Waals surface area contributed by atoms with Gasteiger partial charge in [-0.25, -0.2) is 14.8 Å². The van der Waals surface area contributed by atoms with Crippen molar-refractivity contribution in [2.75, 3.05) is 41.7 Å². The number of aryl methyl sites for hydroxylation is 1. The summed E-state index contributed by atoms with van der Waals surface area (Å²) in [7, 11) is 0. The molecule has 1 aliphatic carbocycles. The Bertz CT molecular complexity index is 1150. The number of rotatable bonds is 7. The van der Waals surface area contributed by atoms with Crippen LogP contribution in [0.2, 0.25) is 0 Å². The van der Waals surface area contributed by atoms with Crippen LogP contribution in [0, 0.1) is 0 Å². The molecule has 5 N–H and O–H groups in total. The Balaban J connectivity index is 1.43. The van der Waals surface area contributed by atoms with Gasteiger partial charge in [-0.1, -0.05) is 6.92 Å². The summed E-state index contributed by atoms with van der Waals surface area (Å²) in [5.41, 5.74) is 7.71. The van der Waals surface area contributed by atoms with E-state index in [1.165, 1.54) is 0 Å². The Morgan fingerprint density at radius 2 is 1.67 bits per heavy atom. The lowest BCUT2D eigenvalue weighted by Gasteiger charge is -2.36. The molecule has 1 aromatic heterocycles. The number of carbonyl (C=O) groups excluding carboxylic acids is 2. The molecule has 0 bridgehead atoms. The highest BCUT2D eigenvalue weighted by molar-refractivity contribution is 5.96. The van der Waals surface area contributed by atoms with Crippen molar-refractivity contribution < 1.29 is 19.4 Å². The molecule has 2 fully saturated rings. The first-order valence-corrected chi connectivity index (χ1v) is 13.8. The fourth-order valence-corrected chi connectivity index (χ4v) is 4.87. The number of nitrogens with zero attached hydrogens (tertiary/aromatic N) is 4. The molecule has 11 nitrogen and oxygen atoms in total. The number of hydrogen-bond donors (Lipinski definition) is 4. The van der Waals surface area contributed by atoms with Crippen LogP contribution in [0.1, 0.15) is 69.6 Å². The minimum absolute atomic E-state index is 0.0961. The van der Waals surface area contributed by atoms with Crippen molar-refractivity contribution in [2.45, 2.75) is 77.5 Å². The van der Waals surface area contributed by atoms with E-state index in [0.29, 0.717) is 49.9 Å². The normalized spacial score (nSPS) is 19.9. The third-order valence-corrected chi connectivity index (χ3v) is 7.00. The molecule has 0 unspecified atom stereocenters. The van der Waals surface area contributed by atoms with E-state index >= 15 is 0 Å². The summed E-state index contributed by atoms with van der Waals surface area (Å²) in [4.78, 5) is 37.8. The van der Waals surface area contributed by atoms with Gasteiger partial charge < -0.3 is 36.0 Å². The van der Waals surface area contributed by atoms with Gasteiger partial charge >= 0.3 is 6.09 Å². The van der Waals surface area contributed by atoms with Crippen molar-refractivity contribution in [1.29, 1.82) is 0 Å². The number of carbonyl (C=O) groups is 2. The summed E-state index contributed by atoms with van der Waals surface area (Å²) in [5, 5.41) is 16.5. The van der Waals surface area contributed by atoms with Crippen LogP contribution >= 0.6 is 0 Å². The molecular formula is C28H41N7O4. The van der Waals surface area contributed by atoms with Crippen LogP contribution < -0.4 is 21.3 Å². The number of aromatic nitrogens is 2. The van der Waals surface area contributed by atoms with Crippen molar-refractivity contribution in [1.82, 2.24) is 14.9 Å². The molecule has 0 atom stereocenters. The zero-order chi connectivity index (χ0) is 28.2. The van der Waals surface area contributed by atoms with Gasteiger partial charge in [0.2, 0.25) is 0 Å². The maximum atomic E-state index is 12.4. The number of piperazine rings is 1. The molecular weight excluding hydrogens is 498 g/mol. The third kappa shape index (κ3) is 7.50. The van der Waals surface area contributed by atoms with Crippen LogP contribution in [0.4, 0.5) is 27.8 Å². The van der Waals surface area contributed by atoms with Crippen molar-refractivity contribution in [3.8, 4) is 0 Å². The van der Waals surface area contributed by atoms with Crippen LogP contribution in [-0.4, -0.2) is 75.9 Å². The van der Waals surface area contributed by atoms with Crippen LogP contribution in [-0.2, 0) is 11.2 Å². The summed E-state index contributed by atoms with van der Waals surface area (Å²) in [6.07, 6.45) is 3.27. The lowest BCUT2D eigenvalue weighted by molar-refractivity contribution is 0.0240. The zero-order valence-corrected chi connectivity index (χ0v) is 23.4. The van der Waals surface area contributed by atoms with Gasteiger partial charge in [0.1, 0.15) is 11.4 Å². The van der Waals surface area contributed by atoms with E-state index in [-0.39, 0.29) is 23.9 Å². The number of amides is 2. The topological polar surface area (TPSA) is 146 Å². The first-order chi connectivity index (χ1) is 18.5. The molecule has 1 aromatic carbocycles. The van der Waals surface area contributed by atoms with E-state index in [0.717, 1.165) is 37.1 Å². The highest BCUT2D eigenvalue weighted by Crippen LogP contribution is 2.27. The van der Waals surface area contributed by atoms with Gasteiger partial charge in [0.15, 0.2) is 11.5 Å². The average molecular weight is 540 g/mol. The molecule has 2 aliphatic rings. The van der Waals surface area contributed by atoms with Crippen LogP contribution in [0.5, 0.6) is 0 Å². The standard InChI is InChI=1S/C28H41N7O4/c1-5-22-25(30-19-8-12-21(36)13-9-19)33-26(23(32-22)24(29)37)31-18-6-10-20(11-7-18)34-14-16-35(17-15-34)27(38)39-28(2,3)4/h6-7,10-11,19,21,36H,5,8-9,12-17H2,1-4H3,(H2,29,37)(H2,30,31,33). The first kappa shape index (κ1) is 28.4. The molecule has 2 aromatic rings. The van der Waals surface area contributed by atoms with Gasteiger partial charge in [-0.3, -0.25) is 4.79 Å². The second kappa shape index (κ2) is 12.1. The maximum absolute atomic E-state index is 12.4. The van der Waals surface area contributed by atoms with Crippen LogP contribution in [0.3, 0.4) is 0 Å². The summed E-state index contributed by atoms with van der Waals surface area (Å²) in [6, 6.07) is 8.03. The van der Waals surface area contributed by atoms with E-state index in [1.54, 1.807) is 4.90 Å². The van der Waals surface area contributed by atoms with Gasteiger partial charge in [0.05, 0.1) is 11.8 Å². The molecule has 4 rings (SSSR count). The zero-order valence-electron chi connectivity index (χ0n) is 23.4. The average Bonchev–Trinajstić information content (AvgIpc) is 2.89. The fourth-order valence-electron chi connectivity index (χ4n) is 4.87. The Hall–Kier alpha value is -3.60. The number of hydrogen-bond acceptors (Lipinski definition) is 9. The maximum Gasteiger partial charge on any atom is 0.410 e. The van der Waals surface area contributed by atoms with E-state index in [2.05, 4.69) is 20.5 Å². The van der Waals surface area contributed by atoms with Gasteiger partial charge in [0.25, 0.3) is 5.91 Å². The summed E-state index contributed by atoms with van der Waals surface area (Å²) in [6.45, 7) is 10.2. The Morgan fingerprint density at radius 1 is 1.03 bits per heavy atom. The molecule has 2 heterocycles. The number of primary amides is 1. The first-order valence-electron chi connectivity index (χ1n) is 13.8. The minimum atomic E-state index is -0.647. The smallest absolute Gasteiger partial charge is 0.410 e. The Morgan fingerprint density at radius 3 is 2.23 bits per heavy atom. The number of nitrogens with one attached hydrogen (secondary N) is 2. The van der Waals surface area contributed by atoms with E-state index in [1.807, 2.05) is 52.0 Å². The van der Waals surface area contributed by atoms with Gasteiger partial charge in [-0.05, 0) is 77.1 Å².